The summed E-state index contributed by atoms with van der Waals surface area (Å²) in [6.07, 6.45) is 0.849. The molecular weight excluding hydrogens is 270 g/mol. The zero-order valence-corrected chi connectivity index (χ0v) is 12.1. The lowest BCUT2D eigenvalue weighted by Gasteiger charge is -2.36. The lowest BCUT2D eigenvalue weighted by molar-refractivity contribution is 0.0542. The fraction of sp³-hybridized carbons (Fsp3) is 0.562. The third-order valence-electron chi connectivity index (χ3n) is 4.32. The van der Waals surface area contributed by atoms with Gasteiger partial charge in [-0.2, -0.15) is 0 Å². The van der Waals surface area contributed by atoms with Gasteiger partial charge in [-0.3, -0.25) is 0 Å². The number of piperidine rings is 1. The molecule has 1 N–H and O–H groups in total. The van der Waals surface area contributed by atoms with Crippen molar-refractivity contribution in [3.63, 3.8) is 0 Å². The number of hydrogen-bond acceptors (Lipinski definition) is 4. The first-order valence-electron chi connectivity index (χ1n) is 7.46. The number of epoxide rings is 1. The van der Waals surface area contributed by atoms with E-state index >= 15 is 0 Å². The van der Waals surface area contributed by atoms with Crippen LogP contribution in [0.15, 0.2) is 30.3 Å². The van der Waals surface area contributed by atoms with E-state index < -0.39 is 6.29 Å². The highest BCUT2D eigenvalue weighted by atomic mass is 16.7. The van der Waals surface area contributed by atoms with Crippen molar-refractivity contribution >= 4 is 6.09 Å². The molecule has 1 aromatic rings. The first-order valence-corrected chi connectivity index (χ1v) is 7.46. The normalized spacial score (nSPS) is 31.8. The Labute approximate surface area is 124 Å². The number of aliphatic hydroxyl groups excluding tert-OH is 1. The predicted octanol–water partition coefficient (Wildman–Crippen LogP) is 2.14. The van der Waals surface area contributed by atoms with E-state index in [9.17, 15) is 9.90 Å². The van der Waals surface area contributed by atoms with Crippen molar-refractivity contribution in [1.82, 2.24) is 4.90 Å². The summed E-state index contributed by atoms with van der Waals surface area (Å²) < 4.78 is 10.5. The predicted molar refractivity (Wildman–Crippen MR) is 76.4 cm³/mol. The van der Waals surface area contributed by atoms with Gasteiger partial charge in [-0.25, -0.2) is 4.79 Å². The van der Waals surface area contributed by atoms with Crippen LogP contribution in [-0.2, 0) is 16.1 Å². The Hall–Kier alpha value is -1.59. The van der Waals surface area contributed by atoms with Gasteiger partial charge in [-0.1, -0.05) is 30.3 Å². The maximum Gasteiger partial charge on any atom is 0.410 e. The van der Waals surface area contributed by atoms with Gasteiger partial charge in [0.25, 0.3) is 0 Å². The number of rotatable bonds is 3. The average Bonchev–Trinajstić information content (AvgIpc) is 3.23. The van der Waals surface area contributed by atoms with Crippen LogP contribution in [0.4, 0.5) is 4.79 Å². The van der Waals surface area contributed by atoms with Crippen molar-refractivity contribution in [3.05, 3.63) is 35.9 Å². The number of aliphatic hydroxyl groups is 1. The molecule has 0 aliphatic carbocycles. The van der Waals surface area contributed by atoms with Gasteiger partial charge in [0.05, 0.1) is 0 Å². The Morgan fingerprint density at radius 2 is 2.10 bits per heavy atom. The molecule has 1 amide bonds. The molecule has 2 heterocycles. The molecule has 114 valence electrons. The zero-order chi connectivity index (χ0) is 14.8. The fourth-order valence-corrected chi connectivity index (χ4v) is 2.92. The molecule has 2 saturated heterocycles. The van der Waals surface area contributed by atoms with Gasteiger partial charge in [0.15, 0.2) is 6.29 Å². The van der Waals surface area contributed by atoms with Gasteiger partial charge in [-0.15, -0.1) is 0 Å². The van der Waals surface area contributed by atoms with Crippen LogP contribution in [0.5, 0.6) is 0 Å². The Morgan fingerprint density at radius 1 is 1.38 bits per heavy atom. The van der Waals surface area contributed by atoms with Gasteiger partial charge in [0.2, 0.25) is 0 Å². The molecule has 0 saturated carbocycles. The summed E-state index contributed by atoms with van der Waals surface area (Å²) in [5, 5.41) is 9.36. The maximum absolute atomic E-state index is 12.3. The minimum Gasteiger partial charge on any atom is -0.445 e. The van der Waals surface area contributed by atoms with Crippen molar-refractivity contribution in [2.24, 2.45) is 5.92 Å². The van der Waals surface area contributed by atoms with Crippen molar-refractivity contribution < 1.29 is 19.4 Å². The van der Waals surface area contributed by atoms with E-state index in [1.165, 1.54) is 0 Å². The number of ether oxygens (including phenoxy) is 2. The zero-order valence-electron chi connectivity index (χ0n) is 12.1. The van der Waals surface area contributed by atoms with Crippen LogP contribution in [0, 0.1) is 5.92 Å². The first kappa shape index (κ1) is 14.4. The molecule has 2 unspecified atom stereocenters. The minimum absolute atomic E-state index is 0.109. The minimum atomic E-state index is -0.648. The molecule has 5 heteroatoms. The molecule has 0 bridgehead atoms. The average molecular weight is 291 g/mol. The van der Waals surface area contributed by atoms with Gasteiger partial charge in [-0.05, 0) is 25.3 Å². The van der Waals surface area contributed by atoms with Crippen LogP contribution >= 0.6 is 0 Å². The van der Waals surface area contributed by atoms with Crippen LogP contribution in [0.25, 0.3) is 0 Å². The second-order valence-electron chi connectivity index (χ2n) is 5.87. The lowest BCUT2D eigenvalue weighted by atomic mass is 9.91. The van der Waals surface area contributed by atoms with E-state index in [2.05, 4.69) is 0 Å². The van der Waals surface area contributed by atoms with E-state index in [-0.39, 0.29) is 30.8 Å². The highest BCUT2D eigenvalue weighted by Gasteiger charge is 2.46. The lowest BCUT2D eigenvalue weighted by Crippen LogP contribution is -2.47. The maximum atomic E-state index is 12.3. The monoisotopic (exact) mass is 291 g/mol. The number of carbonyl (C=O) groups is 1. The van der Waals surface area contributed by atoms with Crippen molar-refractivity contribution in [1.29, 1.82) is 0 Å². The number of carbonyl (C=O) groups excluding carboxylic acids is 1. The van der Waals surface area contributed by atoms with Crippen molar-refractivity contribution in [2.75, 3.05) is 6.54 Å². The second-order valence-corrected chi connectivity index (χ2v) is 5.87. The standard InChI is InChI=1S/C16H21NO4/c1-11-7-8-13(14-15(18)21-14)9-17(11)16(19)20-10-12-5-3-2-4-6-12/h2-6,11,13-15,18H,7-10H2,1H3/t11-,13+,14?,15?/m0/s1. The molecule has 2 fully saturated rings. The number of likely N-dealkylation sites (tertiary alicyclic amines) is 1. The van der Waals surface area contributed by atoms with E-state index in [0.717, 1.165) is 18.4 Å². The SMILES string of the molecule is C[C@H]1CC[C@@H](C2OC2O)CN1C(=O)OCc1ccccc1. The molecule has 21 heavy (non-hydrogen) atoms. The molecular formula is C16H21NO4. The number of benzene rings is 1. The Bertz CT molecular complexity index is 492. The molecule has 0 aromatic heterocycles. The Kier molecular flexibility index (Phi) is 4.12. The van der Waals surface area contributed by atoms with Crippen LogP contribution in [0.1, 0.15) is 25.3 Å². The van der Waals surface area contributed by atoms with E-state index in [1.54, 1.807) is 4.90 Å². The van der Waals surface area contributed by atoms with Gasteiger partial charge >= 0.3 is 6.09 Å². The molecule has 0 spiro atoms. The summed E-state index contributed by atoms with van der Waals surface area (Å²) in [5.74, 6) is 0.209. The van der Waals surface area contributed by atoms with Crippen LogP contribution < -0.4 is 0 Å². The summed E-state index contributed by atoms with van der Waals surface area (Å²) in [6, 6.07) is 9.82. The van der Waals surface area contributed by atoms with E-state index in [0.29, 0.717) is 6.54 Å². The van der Waals surface area contributed by atoms with Crippen molar-refractivity contribution in [2.45, 2.75) is 44.8 Å². The van der Waals surface area contributed by atoms with Crippen LogP contribution in [0.2, 0.25) is 0 Å². The second kappa shape index (κ2) is 6.03. The molecule has 2 aliphatic rings. The molecule has 4 atom stereocenters. The van der Waals surface area contributed by atoms with Gasteiger partial charge in [0.1, 0.15) is 12.7 Å². The topological polar surface area (TPSA) is 62.3 Å². The summed E-state index contributed by atoms with van der Waals surface area (Å²) >= 11 is 0. The highest BCUT2D eigenvalue weighted by molar-refractivity contribution is 5.68. The van der Waals surface area contributed by atoms with Crippen LogP contribution in [-0.4, -0.2) is 41.1 Å². The quantitative estimate of drug-likeness (QED) is 0.867. The molecule has 2 aliphatic heterocycles. The van der Waals surface area contributed by atoms with E-state index in [4.69, 9.17) is 9.47 Å². The largest absolute Gasteiger partial charge is 0.445 e. The fourth-order valence-electron chi connectivity index (χ4n) is 2.92. The van der Waals surface area contributed by atoms with Crippen molar-refractivity contribution in [3.8, 4) is 0 Å². The number of hydrogen-bond donors (Lipinski definition) is 1. The summed E-state index contributed by atoms with van der Waals surface area (Å²) in [7, 11) is 0. The third-order valence-corrected chi connectivity index (χ3v) is 4.32. The molecule has 5 nitrogen and oxygen atoms in total. The number of amides is 1. The third kappa shape index (κ3) is 3.36. The summed E-state index contributed by atoms with van der Waals surface area (Å²) in [4.78, 5) is 14.0. The molecule has 1 aromatic carbocycles. The smallest absolute Gasteiger partial charge is 0.410 e. The molecule has 3 rings (SSSR count). The van der Waals surface area contributed by atoms with Crippen LogP contribution in [0.3, 0.4) is 0 Å². The highest BCUT2D eigenvalue weighted by Crippen LogP contribution is 2.35. The number of nitrogens with zero attached hydrogens (tertiary/aromatic N) is 1. The Morgan fingerprint density at radius 3 is 2.76 bits per heavy atom. The summed E-state index contributed by atoms with van der Waals surface area (Å²) in [6.45, 7) is 2.91. The van der Waals surface area contributed by atoms with E-state index in [1.807, 2.05) is 37.3 Å². The van der Waals surface area contributed by atoms with Gasteiger partial charge in [0, 0.05) is 18.5 Å². The summed E-state index contributed by atoms with van der Waals surface area (Å²) in [5.41, 5.74) is 0.980. The first-order chi connectivity index (χ1) is 10.1. The Balaban J connectivity index is 1.55. The molecule has 0 radical (unpaired) electrons. The van der Waals surface area contributed by atoms with Gasteiger partial charge < -0.3 is 19.5 Å².